The van der Waals surface area contributed by atoms with Crippen LogP contribution in [-0.2, 0) is 12.8 Å². The van der Waals surface area contributed by atoms with Crippen molar-refractivity contribution >= 4 is 5.84 Å². The summed E-state index contributed by atoms with van der Waals surface area (Å²) in [7, 11) is 0. The van der Waals surface area contributed by atoms with Crippen LogP contribution >= 0.6 is 0 Å². The van der Waals surface area contributed by atoms with Gasteiger partial charge in [-0.25, -0.2) is 4.39 Å². The number of phenolic OH excluding ortho intramolecular Hbond substituents is 2. The number of oxime groups is 1. The van der Waals surface area contributed by atoms with Crippen molar-refractivity contribution in [1.82, 2.24) is 5.16 Å². The Morgan fingerprint density at radius 3 is 1.96 bits per heavy atom. The monoisotopic (exact) mass is 714 g/mol. The van der Waals surface area contributed by atoms with Gasteiger partial charge in [0.15, 0.2) is 17.4 Å². The van der Waals surface area contributed by atoms with Crippen LogP contribution in [0.3, 0.4) is 0 Å². The number of benzene rings is 4. The summed E-state index contributed by atoms with van der Waals surface area (Å²) in [4.78, 5) is 0. The molecule has 0 fully saturated rings. The van der Waals surface area contributed by atoms with Crippen molar-refractivity contribution in [1.29, 1.82) is 5.26 Å². The molecule has 2 heterocycles. The van der Waals surface area contributed by atoms with Gasteiger partial charge in [0, 0.05) is 27.8 Å². The second kappa shape index (κ2) is 16.3. The number of hydrogen-bond acceptors (Lipinski definition) is 8. The van der Waals surface area contributed by atoms with Crippen LogP contribution in [-0.4, -0.2) is 26.4 Å². The van der Waals surface area contributed by atoms with E-state index in [1.54, 1.807) is 38.3 Å². The molecule has 4 aromatic carbocycles. The number of nitrogens with two attached hydrogens (primary N) is 1. The number of aromatic hydroxyl groups is 2. The van der Waals surface area contributed by atoms with Crippen molar-refractivity contribution in [2.45, 2.75) is 67.2 Å². The van der Waals surface area contributed by atoms with Crippen LogP contribution in [0.2, 0.25) is 0 Å². The molecule has 53 heavy (non-hydrogen) atoms. The van der Waals surface area contributed by atoms with E-state index in [0.29, 0.717) is 44.8 Å². The van der Waals surface area contributed by atoms with E-state index >= 15 is 0 Å². The number of aromatic nitrogens is 1. The molecule has 0 atom stereocenters. The predicted molar refractivity (Wildman–Crippen MR) is 204 cm³/mol. The number of rotatable bonds is 9. The first-order valence-corrected chi connectivity index (χ1v) is 17.4. The number of nitrogens with zero attached hydrogens (tertiary/aromatic N) is 3. The fourth-order valence-electron chi connectivity index (χ4n) is 6.71. The van der Waals surface area contributed by atoms with Crippen LogP contribution in [0.15, 0.2) is 87.1 Å². The van der Waals surface area contributed by atoms with Crippen molar-refractivity contribution in [3.8, 4) is 62.1 Å². The van der Waals surface area contributed by atoms with Gasteiger partial charge >= 0.3 is 0 Å². The van der Waals surface area contributed by atoms with Gasteiger partial charge in [-0.3, -0.25) is 0 Å². The van der Waals surface area contributed by atoms with Gasteiger partial charge in [0.1, 0.15) is 17.3 Å². The van der Waals surface area contributed by atoms with Crippen LogP contribution in [0.4, 0.5) is 4.39 Å². The Balaban J connectivity index is 0.000000206. The van der Waals surface area contributed by atoms with Gasteiger partial charge in [-0.1, -0.05) is 67.3 Å². The topological polar surface area (TPSA) is 162 Å². The third-order valence-corrected chi connectivity index (χ3v) is 9.11. The van der Waals surface area contributed by atoms with Crippen LogP contribution < -0.4 is 5.73 Å². The van der Waals surface area contributed by atoms with E-state index in [9.17, 15) is 25.1 Å². The van der Waals surface area contributed by atoms with Gasteiger partial charge in [0.2, 0.25) is 0 Å². The maximum atomic E-state index is 14.1. The fraction of sp³-hybridized carbons (Fsp3) is 0.233. The summed E-state index contributed by atoms with van der Waals surface area (Å²) >= 11 is 0. The lowest BCUT2D eigenvalue weighted by molar-refractivity contribution is 0.318. The van der Waals surface area contributed by atoms with E-state index in [1.807, 2.05) is 51.1 Å². The predicted octanol–water partition coefficient (Wildman–Crippen LogP) is 10.3. The average Bonchev–Trinajstić information content (AvgIpc) is 3.66. The molecular formula is C43H43FN4O5. The SMILES string of the molecule is CCCc1cc(C#N)c(-c2c(C)coc2C)c(-c2ccc(O)cc2)c1.CCCc1cc(C(N)=NO)c(-c2c(C)noc2C)c(-c2ccc(O)c(F)c2)c1. The minimum Gasteiger partial charge on any atom is -0.508 e. The van der Waals surface area contributed by atoms with E-state index in [2.05, 4.69) is 29.4 Å². The van der Waals surface area contributed by atoms with Crippen LogP contribution in [0.5, 0.6) is 11.5 Å². The Labute approximate surface area is 308 Å². The summed E-state index contributed by atoms with van der Waals surface area (Å²) < 4.78 is 25.0. The van der Waals surface area contributed by atoms with Crippen LogP contribution in [0, 0.1) is 44.8 Å². The Morgan fingerprint density at radius 2 is 1.43 bits per heavy atom. The first-order chi connectivity index (χ1) is 25.4. The molecule has 0 radical (unpaired) electrons. The lowest BCUT2D eigenvalue weighted by Crippen LogP contribution is -2.16. The van der Waals surface area contributed by atoms with Crippen molar-refractivity contribution in [3.63, 3.8) is 0 Å². The van der Waals surface area contributed by atoms with E-state index in [1.165, 1.54) is 12.1 Å². The number of furan rings is 1. The first kappa shape index (κ1) is 37.9. The number of halogens is 1. The lowest BCUT2D eigenvalue weighted by atomic mass is 9.86. The summed E-state index contributed by atoms with van der Waals surface area (Å²) in [5.74, 6) is 0.377. The van der Waals surface area contributed by atoms with E-state index in [0.717, 1.165) is 70.4 Å². The summed E-state index contributed by atoms with van der Waals surface area (Å²) in [5, 5.41) is 45.5. The molecule has 2 aromatic heterocycles. The van der Waals surface area contributed by atoms with Gasteiger partial charge in [-0.2, -0.15) is 5.26 Å². The molecule has 9 nitrogen and oxygen atoms in total. The molecule has 0 aliphatic rings. The molecule has 10 heteroatoms. The molecule has 272 valence electrons. The second-order valence-electron chi connectivity index (χ2n) is 13.0. The highest BCUT2D eigenvalue weighted by Gasteiger charge is 2.24. The maximum Gasteiger partial charge on any atom is 0.170 e. The van der Waals surface area contributed by atoms with Crippen molar-refractivity contribution in [3.05, 3.63) is 124 Å². The first-order valence-electron chi connectivity index (χ1n) is 17.4. The van der Waals surface area contributed by atoms with Crippen molar-refractivity contribution < 1.29 is 28.8 Å². The molecule has 0 aliphatic heterocycles. The summed E-state index contributed by atoms with van der Waals surface area (Å²) in [6, 6.07) is 21.6. The minimum absolute atomic E-state index is 0.0616. The van der Waals surface area contributed by atoms with Gasteiger partial charge in [-0.05, 0) is 116 Å². The maximum absolute atomic E-state index is 14.1. The lowest BCUT2D eigenvalue weighted by Gasteiger charge is -2.17. The Morgan fingerprint density at radius 1 is 0.811 bits per heavy atom. The molecule has 0 spiro atoms. The summed E-state index contributed by atoms with van der Waals surface area (Å²) in [6.07, 6.45) is 5.32. The van der Waals surface area contributed by atoms with Gasteiger partial charge < -0.3 is 30.1 Å². The molecular weight excluding hydrogens is 671 g/mol. The van der Waals surface area contributed by atoms with E-state index in [4.69, 9.17) is 14.7 Å². The normalized spacial score (nSPS) is 11.2. The molecule has 0 amide bonds. The van der Waals surface area contributed by atoms with Crippen LogP contribution in [0.1, 0.15) is 71.7 Å². The third kappa shape index (κ3) is 7.95. The number of amidine groups is 1. The highest BCUT2D eigenvalue weighted by molar-refractivity contribution is 6.07. The second-order valence-corrected chi connectivity index (χ2v) is 13.0. The molecule has 6 aromatic rings. The van der Waals surface area contributed by atoms with Gasteiger partial charge in [0.25, 0.3) is 0 Å². The molecule has 0 saturated carbocycles. The third-order valence-electron chi connectivity index (χ3n) is 9.11. The van der Waals surface area contributed by atoms with Crippen molar-refractivity contribution in [2.75, 3.05) is 0 Å². The zero-order valence-electron chi connectivity index (χ0n) is 30.7. The smallest absolute Gasteiger partial charge is 0.170 e. The highest BCUT2D eigenvalue weighted by Crippen LogP contribution is 2.42. The number of aryl methyl sites for hydroxylation is 6. The van der Waals surface area contributed by atoms with Gasteiger partial charge in [-0.15, -0.1) is 0 Å². The minimum atomic E-state index is -0.728. The van der Waals surface area contributed by atoms with Crippen LogP contribution in [0.25, 0.3) is 44.5 Å². The molecule has 6 rings (SSSR count). The molecule has 5 N–H and O–H groups in total. The van der Waals surface area contributed by atoms with Crippen molar-refractivity contribution in [2.24, 2.45) is 10.9 Å². The Bertz CT molecular complexity index is 2290. The summed E-state index contributed by atoms with van der Waals surface area (Å²) in [5.41, 5.74) is 17.3. The van der Waals surface area contributed by atoms with E-state index in [-0.39, 0.29) is 11.6 Å². The molecule has 0 unspecified atom stereocenters. The standard InChI is InChI=1S/C22H21NO2.C21H22FN3O3/c1-4-5-16-10-18(12-23)22(21-14(2)13-25-15(21)3)20(11-16)17-6-8-19(24)9-7-17;1-4-5-13-8-15(14-6-7-18(26)17(22)10-14)20(16(9-13)21(23)24-27)19-11(2)25-28-12(19)3/h6-11,13,24H,4-5H2,1-3H3;6-10,26-27H,4-5H2,1-3H3,(H2,23,24). The highest BCUT2D eigenvalue weighted by atomic mass is 19.1. The molecule has 0 saturated heterocycles. The quantitative estimate of drug-likeness (QED) is 0.0498. The molecule has 0 aliphatic carbocycles. The summed E-state index contributed by atoms with van der Waals surface area (Å²) in [6.45, 7) is 11.7. The molecule has 0 bridgehead atoms. The number of nitriles is 1. The fourth-order valence-corrected chi connectivity index (χ4v) is 6.71. The zero-order valence-corrected chi connectivity index (χ0v) is 30.7. The number of hydrogen-bond donors (Lipinski definition) is 4. The van der Waals surface area contributed by atoms with E-state index < -0.39 is 11.6 Å². The average molecular weight is 715 g/mol. The van der Waals surface area contributed by atoms with Gasteiger partial charge in [0.05, 0.1) is 23.6 Å². The zero-order chi connectivity index (χ0) is 38.4. The Kier molecular flexibility index (Phi) is 11.7. The largest absolute Gasteiger partial charge is 0.508 e. The Hall–Kier alpha value is -6.34. The number of phenols is 2.